The van der Waals surface area contributed by atoms with E-state index in [1.165, 1.54) is 20.8 Å². The van der Waals surface area contributed by atoms with Crippen LogP contribution in [0.4, 0.5) is 0 Å². The average molecular weight is 393 g/mol. The lowest BCUT2D eigenvalue weighted by Crippen LogP contribution is -2.67. The van der Waals surface area contributed by atoms with Crippen LogP contribution < -0.4 is 5.32 Å². The largest absolute Gasteiger partial charge is 0.457 e. The molecule has 6 atom stereocenters. The lowest BCUT2D eigenvalue weighted by molar-refractivity contribution is -0.339. The van der Waals surface area contributed by atoms with Crippen molar-refractivity contribution in [2.45, 2.75) is 57.7 Å². The van der Waals surface area contributed by atoms with Crippen LogP contribution in [0.25, 0.3) is 0 Å². The van der Waals surface area contributed by atoms with Crippen molar-refractivity contribution in [3.05, 3.63) is 35.9 Å². The third-order valence-electron chi connectivity index (χ3n) is 4.36. The van der Waals surface area contributed by atoms with E-state index in [1.54, 1.807) is 0 Å². The number of ether oxygens (including phenoxy) is 5. The van der Waals surface area contributed by atoms with Gasteiger partial charge in [0, 0.05) is 26.3 Å². The third kappa shape index (κ3) is 4.67. The summed E-state index contributed by atoms with van der Waals surface area (Å²) in [6, 6.07) is 8.35. The van der Waals surface area contributed by atoms with Gasteiger partial charge in [0.15, 0.2) is 12.4 Å². The summed E-state index contributed by atoms with van der Waals surface area (Å²) in [5.41, 5.74) is 0.792. The van der Waals surface area contributed by atoms with Crippen molar-refractivity contribution in [1.29, 1.82) is 0 Å². The Labute approximate surface area is 162 Å². The van der Waals surface area contributed by atoms with Gasteiger partial charge in [-0.15, -0.1) is 0 Å². The van der Waals surface area contributed by atoms with E-state index in [0.29, 0.717) is 0 Å². The topological polar surface area (TPSA) is 109 Å². The molecule has 0 aromatic heterocycles. The maximum atomic E-state index is 11.7. The summed E-state index contributed by atoms with van der Waals surface area (Å²) in [5, 5.41) is 2.64. The predicted octanol–water partition coefficient (Wildman–Crippen LogP) is 0.825. The molecule has 0 saturated carbocycles. The second-order valence-corrected chi connectivity index (χ2v) is 6.63. The number of esters is 2. The summed E-state index contributed by atoms with van der Waals surface area (Å²) in [5.74, 6) is -1.55. The van der Waals surface area contributed by atoms with Gasteiger partial charge < -0.3 is 29.0 Å². The number of fused-ring (bicyclic) bond motifs is 1. The minimum Gasteiger partial charge on any atom is -0.457 e. The standard InChI is InChI=1S/C19H23NO8/c1-10(21)20-15-17(25-11(2)22)16-14(27-19(15)26-12(3)23)9-24-18(28-16)13-7-5-4-6-8-13/h4-8,14-19H,9H2,1-3H3,(H,20,21)/t14-,15-,16+,17-,18?,19?/m1/s1. The second kappa shape index (κ2) is 8.68. The maximum Gasteiger partial charge on any atom is 0.305 e. The molecule has 1 aromatic carbocycles. The molecular weight excluding hydrogens is 370 g/mol. The van der Waals surface area contributed by atoms with Crippen LogP contribution in [-0.2, 0) is 38.1 Å². The quantitative estimate of drug-likeness (QED) is 0.749. The first kappa shape index (κ1) is 20.2. The highest BCUT2D eigenvalue weighted by Crippen LogP contribution is 2.35. The smallest absolute Gasteiger partial charge is 0.305 e. The Hall–Kier alpha value is -2.49. The Morgan fingerprint density at radius 1 is 1.00 bits per heavy atom. The van der Waals surface area contributed by atoms with Crippen molar-refractivity contribution < 1.29 is 38.1 Å². The van der Waals surface area contributed by atoms with E-state index in [-0.39, 0.29) is 6.61 Å². The van der Waals surface area contributed by atoms with Crippen LogP contribution in [0.1, 0.15) is 32.6 Å². The van der Waals surface area contributed by atoms with Crippen molar-refractivity contribution in [2.75, 3.05) is 6.61 Å². The summed E-state index contributed by atoms with van der Waals surface area (Å²) in [4.78, 5) is 34.9. The minimum absolute atomic E-state index is 0.131. The summed E-state index contributed by atoms with van der Waals surface area (Å²) < 4.78 is 28.3. The number of benzene rings is 1. The summed E-state index contributed by atoms with van der Waals surface area (Å²) in [7, 11) is 0. The van der Waals surface area contributed by atoms with Crippen LogP contribution in [0.2, 0.25) is 0 Å². The molecule has 2 heterocycles. The highest BCUT2D eigenvalue weighted by molar-refractivity contribution is 5.73. The SMILES string of the molecule is CC(=O)N[C@H]1C(OC(C)=O)O[C@@H]2COC(c3ccccc3)O[C@@H]2[C@@H]1OC(C)=O. The number of hydrogen-bond donors (Lipinski definition) is 1. The molecule has 152 valence electrons. The molecule has 2 aliphatic heterocycles. The third-order valence-corrected chi connectivity index (χ3v) is 4.36. The van der Waals surface area contributed by atoms with E-state index in [2.05, 4.69) is 5.32 Å². The Morgan fingerprint density at radius 3 is 2.29 bits per heavy atom. The van der Waals surface area contributed by atoms with Gasteiger partial charge in [-0.3, -0.25) is 14.4 Å². The molecule has 9 nitrogen and oxygen atoms in total. The zero-order valence-electron chi connectivity index (χ0n) is 15.8. The first-order valence-corrected chi connectivity index (χ1v) is 8.94. The molecule has 1 amide bonds. The van der Waals surface area contributed by atoms with Gasteiger partial charge in [0.2, 0.25) is 12.2 Å². The van der Waals surface area contributed by atoms with Crippen molar-refractivity contribution in [1.82, 2.24) is 5.32 Å². The van der Waals surface area contributed by atoms with Gasteiger partial charge in [0.25, 0.3) is 0 Å². The highest BCUT2D eigenvalue weighted by Gasteiger charge is 2.53. The van der Waals surface area contributed by atoms with Crippen molar-refractivity contribution in [3.8, 4) is 0 Å². The fraction of sp³-hybridized carbons (Fsp3) is 0.526. The van der Waals surface area contributed by atoms with Crippen molar-refractivity contribution >= 4 is 17.8 Å². The first-order chi connectivity index (χ1) is 13.3. The maximum absolute atomic E-state index is 11.7. The summed E-state index contributed by atoms with van der Waals surface area (Å²) in [6.07, 6.45) is -4.15. The molecule has 2 fully saturated rings. The fourth-order valence-electron chi connectivity index (χ4n) is 3.34. The minimum atomic E-state index is -1.15. The van der Waals surface area contributed by atoms with E-state index in [0.717, 1.165) is 5.56 Å². The van der Waals surface area contributed by atoms with E-state index in [4.69, 9.17) is 23.7 Å². The molecule has 0 radical (unpaired) electrons. The first-order valence-electron chi connectivity index (χ1n) is 8.94. The summed E-state index contributed by atoms with van der Waals surface area (Å²) in [6.45, 7) is 3.91. The van der Waals surface area contributed by atoms with Crippen molar-refractivity contribution in [3.63, 3.8) is 0 Å². The normalized spacial score (nSPS) is 32.0. The van der Waals surface area contributed by atoms with E-state index in [9.17, 15) is 14.4 Å². The van der Waals surface area contributed by atoms with Gasteiger partial charge in [-0.25, -0.2) is 0 Å². The van der Waals surface area contributed by atoms with Gasteiger partial charge in [-0.05, 0) is 0 Å². The van der Waals surface area contributed by atoms with E-state index in [1.807, 2.05) is 30.3 Å². The predicted molar refractivity (Wildman–Crippen MR) is 93.6 cm³/mol. The number of rotatable bonds is 4. The Morgan fingerprint density at radius 2 is 1.68 bits per heavy atom. The molecule has 0 spiro atoms. The zero-order valence-corrected chi connectivity index (χ0v) is 15.8. The van der Waals surface area contributed by atoms with Crippen LogP contribution in [0, 0.1) is 0 Å². The second-order valence-electron chi connectivity index (χ2n) is 6.63. The number of carbonyl (C=O) groups excluding carboxylic acids is 3. The summed E-state index contributed by atoms with van der Waals surface area (Å²) >= 11 is 0. The van der Waals surface area contributed by atoms with Gasteiger partial charge in [0.05, 0.1) is 6.61 Å². The van der Waals surface area contributed by atoms with Crippen molar-refractivity contribution in [2.24, 2.45) is 0 Å². The van der Waals surface area contributed by atoms with Crippen LogP contribution in [-0.4, -0.2) is 55.1 Å². The molecule has 28 heavy (non-hydrogen) atoms. The van der Waals surface area contributed by atoms with E-state index < -0.39 is 54.8 Å². The Balaban J connectivity index is 1.88. The molecule has 9 heteroatoms. The average Bonchev–Trinajstić information content (AvgIpc) is 2.64. The highest BCUT2D eigenvalue weighted by atomic mass is 16.8. The number of hydrogen-bond acceptors (Lipinski definition) is 8. The molecule has 2 saturated heterocycles. The number of carbonyl (C=O) groups is 3. The van der Waals surface area contributed by atoms with Gasteiger partial charge in [-0.2, -0.15) is 0 Å². The lowest BCUT2D eigenvalue weighted by Gasteiger charge is -2.48. The molecule has 1 aromatic rings. The van der Waals surface area contributed by atoms with Gasteiger partial charge in [-0.1, -0.05) is 30.3 Å². The number of nitrogens with one attached hydrogen (secondary N) is 1. The van der Waals surface area contributed by atoms with Crippen LogP contribution in [0.3, 0.4) is 0 Å². The molecule has 0 bridgehead atoms. The monoisotopic (exact) mass is 393 g/mol. The number of amides is 1. The van der Waals surface area contributed by atoms with Crippen LogP contribution in [0.15, 0.2) is 30.3 Å². The molecule has 3 rings (SSSR count). The lowest BCUT2D eigenvalue weighted by atomic mass is 9.95. The Kier molecular flexibility index (Phi) is 6.28. The van der Waals surface area contributed by atoms with Crippen LogP contribution >= 0.6 is 0 Å². The Bertz CT molecular complexity index is 724. The molecule has 2 unspecified atom stereocenters. The van der Waals surface area contributed by atoms with Gasteiger partial charge in [0.1, 0.15) is 18.2 Å². The van der Waals surface area contributed by atoms with E-state index >= 15 is 0 Å². The molecular formula is C19H23NO8. The zero-order chi connectivity index (χ0) is 20.3. The molecule has 0 aliphatic carbocycles. The fourth-order valence-corrected chi connectivity index (χ4v) is 3.34. The molecule has 2 aliphatic rings. The van der Waals surface area contributed by atoms with Gasteiger partial charge >= 0.3 is 11.9 Å². The molecule has 1 N–H and O–H groups in total. The van der Waals surface area contributed by atoms with Crippen LogP contribution in [0.5, 0.6) is 0 Å².